The van der Waals surface area contributed by atoms with Crippen LogP contribution in [0.3, 0.4) is 0 Å². The standard InChI is InChI=1S/C15H23NO/c1-4-15(3,13-16-5-2)11-12-17-14-9-7-6-8-10-14/h4,6-10,16H,1,5,11-13H2,2-3H3. The van der Waals surface area contributed by atoms with Gasteiger partial charge in [0.15, 0.2) is 0 Å². The average molecular weight is 233 g/mol. The Morgan fingerprint density at radius 1 is 1.35 bits per heavy atom. The first kappa shape index (κ1) is 13.8. The van der Waals surface area contributed by atoms with Gasteiger partial charge in [0, 0.05) is 12.0 Å². The fourth-order valence-electron chi connectivity index (χ4n) is 1.59. The third kappa shape index (κ3) is 5.05. The molecule has 1 aromatic rings. The zero-order valence-corrected chi connectivity index (χ0v) is 10.9. The topological polar surface area (TPSA) is 21.3 Å². The van der Waals surface area contributed by atoms with Gasteiger partial charge in [-0.25, -0.2) is 0 Å². The van der Waals surface area contributed by atoms with Gasteiger partial charge in [0.2, 0.25) is 0 Å². The minimum atomic E-state index is 0.102. The van der Waals surface area contributed by atoms with Gasteiger partial charge in [-0.3, -0.25) is 0 Å². The summed E-state index contributed by atoms with van der Waals surface area (Å²) in [4.78, 5) is 0. The lowest BCUT2D eigenvalue weighted by Crippen LogP contribution is -2.31. The summed E-state index contributed by atoms with van der Waals surface area (Å²) < 4.78 is 5.71. The second kappa shape index (κ2) is 7.13. The maximum Gasteiger partial charge on any atom is 0.119 e. The molecule has 94 valence electrons. The highest BCUT2D eigenvalue weighted by molar-refractivity contribution is 5.20. The van der Waals surface area contributed by atoms with E-state index in [1.807, 2.05) is 36.4 Å². The molecule has 17 heavy (non-hydrogen) atoms. The van der Waals surface area contributed by atoms with E-state index in [1.54, 1.807) is 0 Å². The predicted octanol–water partition coefficient (Wildman–Crippen LogP) is 3.26. The van der Waals surface area contributed by atoms with E-state index in [1.165, 1.54) is 0 Å². The summed E-state index contributed by atoms with van der Waals surface area (Å²) in [6.07, 6.45) is 2.99. The summed E-state index contributed by atoms with van der Waals surface area (Å²) in [5.41, 5.74) is 0.102. The quantitative estimate of drug-likeness (QED) is 0.696. The van der Waals surface area contributed by atoms with E-state index < -0.39 is 0 Å². The van der Waals surface area contributed by atoms with Gasteiger partial charge >= 0.3 is 0 Å². The van der Waals surface area contributed by atoms with Crippen LogP contribution in [0.25, 0.3) is 0 Å². The molecule has 0 aliphatic carbocycles. The van der Waals surface area contributed by atoms with Crippen molar-refractivity contribution < 1.29 is 4.74 Å². The number of benzene rings is 1. The van der Waals surface area contributed by atoms with Crippen LogP contribution >= 0.6 is 0 Å². The van der Waals surface area contributed by atoms with E-state index in [2.05, 4.69) is 25.7 Å². The molecule has 0 aromatic heterocycles. The third-order valence-corrected chi connectivity index (χ3v) is 2.96. The Kier molecular flexibility index (Phi) is 5.78. The molecule has 0 bridgehead atoms. The van der Waals surface area contributed by atoms with Crippen molar-refractivity contribution in [1.82, 2.24) is 5.32 Å². The summed E-state index contributed by atoms with van der Waals surface area (Å²) in [6, 6.07) is 9.93. The number of para-hydroxylation sites is 1. The van der Waals surface area contributed by atoms with Crippen molar-refractivity contribution in [3.8, 4) is 5.75 Å². The van der Waals surface area contributed by atoms with Crippen molar-refractivity contribution in [1.29, 1.82) is 0 Å². The summed E-state index contributed by atoms with van der Waals surface area (Å²) in [7, 11) is 0. The Bertz CT molecular complexity index is 323. The van der Waals surface area contributed by atoms with Crippen LogP contribution in [-0.4, -0.2) is 19.7 Å². The van der Waals surface area contributed by atoms with Crippen molar-refractivity contribution in [2.75, 3.05) is 19.7 Å². The molecule has 0 saturated carbocycles. The lowest BCUT2D eigenvalue weighted by Gasteiger charge is -2.25. The first-order valence-electron chi connectivity index (χ1n) is 6.22. The van der Waals surface area contributed by atoms with Crippen LogP contribution < -0.4 is 10.1 Å². The zero-order chi connectivity index (χ0) is 12.6. The minimum absolute atomic E-state index is 0.102. The Morgan fingerprint density at radius 3 is 2.65 bits per heavy atom. The molecule has 0 amide bonds. The van der Waals surface area contributed by atoms with Gasteiger partial charge in [0.05, 0.1) is 6.61 Å². The number of hydrogen-bond donors (Lipinski definition) is 1. The Labute approximate surface area is 105 Å². The fraction of sp³-hybridized carbons (Fsp3) is 0.467. The number of ether oxygens (including phenoxy) is 1. The summed E-state index contributed by atoms with van der Waals surface area (Å²) >= 11 is 0. The molecule has 0 aliphatic rings. The molecule has 0 fully saturated rings. The molecule has 1 N–H and O–H groups in total. The fourth-order valence-corrected chi connectivity index (χ4v) is 1.59. The van der Waals surface area contributed by atoms with E-state index in [0.29, 0.717) is 0 Å². The molecule has 1 atom stereocenters. The largest absolute Gasteiger partial charge is 0.494 e. The van der Waals surface area contributed by atoms with Crippen LogP contribution in [0.15, 0.2) is 43.0 Å². The van der Waals surface area contributed by atoms with Crippen LogP contribution in [0.4, 0.5) is 0 Å². The van der Waals surface area contributed by atoms with Crippen molar-refractivity contribution in [2.45, 2.75) is 20.3 Å². The normalized spacial score (nSPS) is 14.0. The second-order valence-corrected chi connectivity index (χ2v) is 4.55. The SMILES string of the molecule is C=CC(C)(CCOc1ccccc1)CNCC. The van der Waals surface area contributed by atoms with Gasteiger partial charge in [0.25, 0.3) is 0 Å². The van der Waals surface area contributed by atoms with Gasteiger partial charge < -0.3 is 10.1 Å². The van der Waals surface area contributed by atoms with E-state index in [9.17, 15) is 0 Å². The highest BCUT2D eigenvalue weighted by atomic mass is 16.5. The van der Waals surface area contributed by atoms with Crippen LogP contribution in [-0.2, 0) is 0 Å². The highest BCUT2D eigenvalue weighted by Crippen LogP contribution is 2.22. The van der Waals surface area contributed by atoms with E-state index >= 15 is 0 Å². The maximum absolute atomic E-state index is 5.71. The third-order valence-electron chi connectivity index (χ3n) is 2.96. The van der Waals surface area contributed by atoms with Crippen molar-refractivity contribution in [2.24, 2.45) is 5.41 Å². The molecule has 0 radical (unpaired) electrons. The molecule has 2 heteroatoms. The maximum atomic E-state index is 5.71. The average Bonchev–Trinajstić information content (AvgIpc) is 2.38. The van der Waals surface area contributed by atoms with Gasteiger partial charge in [-0.05, 0) is 25.1 Å². The lowest BCUT2D eigenvalue weighted by molar-refractivity contribution is 0.245. The molecular formula is C15H23NO. The molecular weight excluding hydrogens is 210 g/mol. The first-order valence-corrected chi connectivity index (χ1v) is 6.22. The van der Waals surface area contributed by atoms with Crippen LogP contribution in [0.5, 0.6) is 5.75 Å². The Morgan fingerprint density at radius 2 is 2.06 bits per heavy atom. The van der Waals surface area contributed by atoms with E-state index in [4.69, 9.17) is 4.74 Å². The summed E-state index contributed by atoms with van der Waals surface area (Å²) in [6.45, 7) is 10.9. The van der Waals surface area contributed by atoms with Gasteiger partial charge in [-0.1, -0.05) is 38.1 Å². The minimum Gasteiger partial charge on any atom is -0.494 e. The Hall–Kier alpha value is -1.28. The van der Waals surface area contributed by atoms with Crippen molar-refractivity contribution in [3.63, 3.8) is 0 Å². The van der Waals surface area contributed by atoms with E-state index in [0.717, 1.165) is 31.9 Å². The second-order valence-electron chi connectivity index (χ2n) is 4.55. The number of hydrogen-bond acceptors (Lipinski definition) is 2. The number of rotatable bonds is 8. The lowest BCUT2D eigenvalue weighted by atomic mass is 9.87. The van der Waals surface area contributed by atoms with E-state index in [-0.39, 0.29) is 5.41 Å². The van der Waals surface area contributed by atoms with Crippen molar-refractivity contribution in [3.05, 3.63) is 43.0 Å². The summed E-state index contributed by atoms with van der Waals surface area (Å²) in [5, 5.41) is 3.36. The molecule has 0 aliphatic heterocycles. The van der Waals surface area contributed by atoms with Crippen LogP contribution in [0, 0.1) is 5.41 Å². The number of nitrogens with one attached hydrogen (secondary N) is 1. The first-order chi connectivity index (χ1) is 8.20. The molecule has 0 saturated heterocycles. The smallest absolute Gasteiger partial charge is 0.119 e. The highest BCUT2D eigenvalue weighted by Gasteiger charge is 2.19. The molecule has 0 heterocycles. The van der Waals surface area contributed by atoms with Crippen molar-refractivity contribution >= 4 is 0 Å². The Balaban J connectivity index is 2.35. The van der Waals surface area contributed by atoms with Crippen LogP contribution in [0.2, 0.25) is 0 Å². The molecule has 2 nitrogen and oxygen atoms in total. The van der Waals surface area contributed by atoms with Crippen LogP contribution in [0.1, 0.15) is 20.3 Å². The zero-order valence-electron chi connectivity index (χ0n) is 10.9. The molecule has 1 aromatic carbocycles. The predicted molar refractivity (Wildman–Crippen MR) is 73.4 cm³/mol. The monoisotopic (exact) mass is 233 g/mol. The van der Waals surface area contributed by atoms with Gasteiger partial charge in [-0.2, -0.15) is 0 Å². The van der Waals surface area contributed by atoms with Gasteiger partial charge in [0.1, 0.15) is 5.75 Å². The molecule has 1 rings (SSSR count). The molecule has 0 spiro atoms. The van der Waals surface area contributed by atoms with Gasteiger partial charge in [-0.15, -0.1) is 6.58 Å². The summed E-state index contributed by atoms with van der Waals surface area (Å²) in [5.74, 6) is 0.933. The molecule has 1 unspecified atom stereocenters.